The molecular formula is C15H11N3. The van der Waals surface area contributed by atoms with Crippen molar-refractivity contribution in [2.75, 3.05) is 0 Å². The molecule has 0 aliphatic carbocycles. The molecule has 0 bridgehead atoms. The van der Waals surface area contributed by atoms with Crippen LogP contribution in [0, 0.1) is 11.3 Å². The van der Waals surface area contributed by atoms with Gasteiger partial charge < -0.3 is 0 Å². The molecule has 0 unspecified atom stereocenters. The van der Waals surface area contributed by atoms with E-state index in [0.717, 1.165) is 11.1 Å². The van der Waals surface area contributed by atoms with Crippen LogP contribution in [0.2, 0.25) is 0 Å². The summed E-state index contributed by atoms with van der Waals surface area (Å²) in [6.07, 6.45) is 3.35. The predicted octanol–water partition coefficient (Wildman–Crippen LogP) is 3.01. The minimum absolute atomic E-state index is 0.639. The maximum Gasteiger partial charge on any atom is 0.0991 e. The summed E-state index contributed by atoms with van der Waals surface area (Å²) in [5.74, 6) is 0. The van der Waals surface area contributed by atoms with Crippen LogP contribution in [0.1, 0.15) is 16.7 Å². The van der Waals surface area contributed by atoms with Gasteiger partial charge in [0, 0.05) is 0 Å². The molecule has 18 heavy (non-hydrogen) atoms. The van der Waals surface area contributed by atoms with Crippen molar-refractivity contribution < 1.29 is 0 Å². The fourth-order valence-electron chi connectivity index (χ4n) is 1.38. The average Bonchev–Trinajstić information content (AvgIpc) is 2.45. The van der Waals surface area contributed by atoms with E-state index in [-0.39, 0.29) is 0 Å². The summed E-state index contributed by atoms with van der Waals surface area (Å²) in [5.41, 5.74) is 2.56. The van der Waals surface area contributed by atoms with Gasteiger partial charge in [0.15, 0.2) is 0 Å². The Hall–Kier alpha value is -2.73. The number of hydrogen-bond donors (Lipinski definition) is 0. The maximum absolute atomic E-state index is 8.66. The molecule has 0 spiro atoms. The molecule has 2 rings (SSSR count). The van der Waals surface area contributed by atoms with E-state index in [4.69, 9.17) is 5.26 Å². The molecule has 0 fully saturated rings. The molecule has 2 aromatic rings. The Morgan fingerprint density at radius 2 is 1.33 bits per heavy atom. The van der Waals surface area contributed by atoms with E-state index < -0.39 is 0 Å². The van der Waals surface area contributed by atoms with E-state index in [0.29, 0.717) is 5.56 Å². The van der Waals surface area contributed by atoms with Crippen LogP contribution in [0.4, 0.5) is 0 Å². The van der Waals surface area contributed by atoms with Gasteiger partial charge in [0.2, 0.25) is 0 Å². The van der Waals surface area contributed by atoms with Crippen LogP contribution in [0.15, 0.2) is 64.8 Å². The van der Waals surface area contributed by atoms with Crippen molar-refractivity contribution in [2.24, 2.45) is 10.2 Å². The third-order valence-electron chi connectivity index (χ3n) is 2.32. The van der Waals surface area contributed by atoms with Gasteiger partial charge in [-0.05, 0) is 23.3 Å². The quantitative estimate of drug-likeness (QED) is 0.593. The van der Waals surface area contributed by atoms with Crippen LogP contribution < -0.4 is 0 Å². The van der Waals surface area contributed by atoms with E-state index >= 15 is 0 Å². The largest absolute Gasteiger partial charge is 0.192 e. The molecule has 0 heterocycles. The second-order valence-corrected chi connectivity index (χ2v) is 3.63. The van der Waals surface area contributed by atoms with Crippen LogP contribution in [-0.4, -0.2) is 12.4 Å². The van der Waals surface area contributed by atoms with Crippen molar-refractivity contribution in [3.63, 3.8) is 0 Å². The Morgan fingerprint density at radius 3 is 1.89 bits per heavy atom. The van der Waals surface area contributed by atoms with E-state index in [9.17, 15) is 0 Å². The second-order valence-electron chi connectivity index (χ2n) is 3.63. The highest BCUT2D eigenvalue weighted by Crippen LogP contribution is 2.00. The molecule has 0 aliphatic rings. The van der Waals surface area contributed by atoms with Crippen molar-refractivity contribution in [3.8, 4) is 6.07 Å². The normalized spacial score (nSPS) is 10.8. The highest BCUT2D eigenvalue weighted by molar-refractivity contribution is 5.82. The Balaban J connectivity index is 1.99. The Bertz CT molecular complexity index is 590. The molecule has 0 saturated carbocycles. The molecular weight excluding hydrogens is 222 g/mol. The van der Waals surface area contributed by atoms with Crippen LogP contribution in [0.5, 0.6) is 0 Å². The molecule has 0 aromatic heterocycles. The maximum atomic E-state index is 8.66. The van der Waals surface area contributed by atoms with Gasteiger partial charge in [0.25, 0.3) is 0 Å². The Morgan fingerprint density at radius 1 is 0.778 bits per heavy atom. The summed E-state index contributed by atoms with van der Waals surface area (Å²) in [4.78, 5) is 0. The number of nitrogens with zero attached hydrogens (tertiary/aromatic N) is 3. The molecule has 86 valence electrons. The van der Waals surface area contributed by atoms with E-state index in [2.05, 4.69) is 16.3 Å². The highest BCUT2D eigenvalue weighted by Gasteiger charge is 1.89. The zero-order valence-corrected chi connectivity index (χ0v) is 9.69. The average molecular weight is 233 g/mol. The minimum Gasteiger partial charge on any atom is -0.192 e. The van der Waals surface area contributed by atoms with Gasteiger partial charge in [-0.2, -0.15) is 15.5 Å². The third-order valence-corrected chi connectivity index (χ3v) is 2.32. The van der Waals surface area contributed by atoms with Crippen LogP contribution >= 0.6 is 0 Å². The smallest absolute Gasteiger partial charge is 0.0991 e. The fraction of sp³-hybridized carbons (Fsp3) is 0. The molecule has 2 aromatic carbocycles. The number of rotatable bonds is 3. The predicted molar refractivity (Wildman–Crippen MR) is 72.8 cm³/mol. The van der Waals surface area contributed by atoms with Crippen LogP contribution in [-0.2, 0) is 0 Å². The Labute approximate surface area is 106 Å². The van der Waals surface area contributed by atoms with Gasteiger partial charge in [-0.25, -0.2) is 0 Å². The molecule has 0 amide bonds. The van der Waals surface area contributed by atoms with Crippen LogP contribution in [0.25, 0.3) is 0 Å². The fourth-order valence-corrected chi connectivity index (χ4v) is 1.38. The van der Waals surface area contributed by atoms with Gasteiger partial charge in [0.1, 0.15) is 0 Å². The summed E-state index contributed by atoms with van der Waals surface area (Å²) in [6, 6.07) is 19.0. The summed E-state index contributed by atoms with van der Waals surface area (Å²) in [7, 11) is 0. The van der Waals surface area contributed by atoms with Gasteiger partial charge >= 0.3 is 0 Å². The van der Waals surface area contributed by atoms with Crippen molar-refractivity contribution in [2.45, 2.75) is 0 Å². The number of nitriles is 1. The third kappa shape index (κ3) is 3.39. The standard InChI is InChI=1S/C15H11N3/c16-10-13-6-8-15(9-7-13)12-18-17-11-14-4-2-1-3-5-14/h1-9,11-12H. The van der Waals surface area contributed by atoms with Crippen molar-refractivity contribution >= 4 is 12.4 Å². The Kier molecular flexibility index (Phi) is 3.99. The van der Waals surface area contributed by atoms with Gasteiger partial charge in [-0.3, -0.25) is 0 Å². The van der Waals surface area contributed by atoms with Crippen molar-refractivity contribution in [1.29, 1.82) is 5.26 Å². The molecule has 0 aliphatic heterocycles. The SMILES string of the molecule is N#Cc1ccc(C=NN=Cc2ccccc2)cc1. The zero-order valence-electron chi connectivity index (χ0n) is 9.69. The van der Waals surface area contributed by atoms with E-state index in [1.165, 1.54) is 0 Å². The summed E-state index contributed by atoms with van der Waals surface area (Å²) >= 11 is 0. The van der Waals surface area contributed by atoms with Crippen molar-refractivity contribution in [1.82, 2.24) is 0 Å². The molecule has 0 N–H and O–H groups in total. The first kappa shape index (κ1) is 11.7. The number of hydrogen-bond acceptors (Lipinski definition) is 3. The summed E-state index contributed by atoms with van der Waals surface area (Å²) in [5, 5.41) is 16.6. The van der Waals surface area contributed by atoms with Crippen molar-refractivity contribution in [3.05, 3.63) is 71.3 Å². The van der Waals surface area contributed by atoms with Gasteiger partial charge in [0.05, 0.1) is 24.1 Å². The van der Waals surface area contributed by atoms with E-state index in [1.54, 1.807) is 24.6 Å². The zero-order chi connectivity index (χ0) is 12.6. The lowest BCUT2D eigenvalue weighted by Gasteiger charge is -1.91. The molecule has 3 nitrogen and oxygen atoms in total. The summed E-state index contributed by atoms with van der Waals surface area (Å²) < 4.78 is 0. The topological polar surface area (TPSA) is 48.5 Å². The van der Waals surface area contributed by atoms with Crippen LogP contribution in [0.3, 0.4) is 0 Å². The molecule has 0 atom stereocenters. The molecule has 0 saturated heterocycles. The monoisotopic (exact) mass is 233 g/mol. The second kappa shape index (κ2) is 6.12. The minimum atomic E-state index is 0.639. The first-order chi connectivity index (χ1) is 8.88. The lowest BCUT2D eigenvalue weighted by molar-refractivity contribution is 1.26. The first-order valence-corrected chi connectivity index (χ1v) is 5.50. The first-order valence-electron chi connectivity index (χ1n) is 5.50. The van der Waals surface area contributed by atoms with E-state index in [1.807, 2.05) is 42.5 Å². The molecule has 0 radical (unpaired) electrons. The lowest BCUT2D eigenvalue weighted by Crippen LogP contribution is -1.81. The highest BCUT2D eigenvalue weighted by atomic mass is 15.2. The summed E-state index contributed by atoms with van der Waals surface area (Å²) in [6.45, 7) is 0. The molecule has 3 heteroatoms. The van der Waals surface area contributed by atoms with Gasteiger partial charge in [-0.15, -0.1) is 0 Å². The number of benzene rings is 2. The van der Waals surface area contributed by atoms with Gasteiger partial charge in [-0.1, -0.05) is 42.5 Å². The lowest BCUT2D eigenvalue weighted by atomic mass is 10.2.